The Labute approximate surface area is 178 Å². The zero-order chi connectivity index (χ0) is 21.8. The molecule has 2 aromatic rings. The van der Waals surface area contributed by atoms with Crippen LogP contribution in [0.3, 0.4) is 0 Å². The number of anilines is 1. The van der Waals surface area contributed by atoms with Crippen molar-refractivity contribution in [2.45, 2.75) is 51.5 Å². The number of amides is 1. The van der Waals surface area contributed by atoms with E-state index in [0.717, 1.165) is 16.8 Å². The van der Waals surface area contributed by atoms with E-state index in [9.17, 15) is 14.8 Å². The Morgan fingerprint density at radius 3 is 2.53 bits per heavy atom. The molecule has 30 heavy (non-hydrogen) atoms. The summed E-state index contributed by atoms with van der Waals surface area (Å²) in [6.45, 7) is 9.60. The van der Waals surface area contributed by atoms with Gasteiger partial charge in [0.1, 0.15) is 12.3 Å². The van der Waals surface area contributed by atoms with Gasteiger partial charge in [-0.1, -0.05) is 43.0 Å². The summed E-state index contributed by atoms with van der Waals surface area (Å²) in [6.07, 6.45) is 1.10. The number of carbonyl (C=O) groups excluding carboxylic acids is 1. The molecule has 3 rings (SSSR count). The molecule has 0 saturated carbocycles. The number of para-hydroxylation sites is 1. The highest BCUT2D eigenvalue weighted by molar-refractivity contribution is 6.43. The standard InChI is InChI=1S/C23H29BN2O4/c1-5-21(27)26(19-9-7-6-8-10-19)17(4)22-23(30-22)25-20(24(28)29)14-18-12-11-15(2)16(3)13-18/h5-13,17,20,22-23,25,28-29H,1,14H2,2-4H3/t17-,20+,22?,23?/m1/s1. The van der Waals surface area contributed by atoms with Gasteiger partial charge in [0.05, 0.1) is 6.04 Å². The molecule has 3 N–H and O–H groups in total. The van der Waals surface area contributed by atoms with Crippen molar-refractivity contribution in [3.63, 3.8) is 0 Å². The fraction of sp³-hybridized carbons (Fsp3) is 0.348. The van der Waals surface area contributed by atoms with Gasteiger partial charge >= 0.3 is 7.12 Å². The van der Waals surface area contributed by atoms with Crippen LogP contribution in [0.2, 0.25) is 0 Å². The minimum atomic E-state index is -1.54. The topological polar surface area (TPSA) is 85.3 Å². The van der Waals surface area contributed by atoms with Crippen LogP contribution in [0.25, 0.3) is 0 Å². The number of nitrogens with zero attached hydrogens (tertiary/aromatic N) is 1. The summed E-state index contributed by atoms with van der Waals surface area (Å²) in [4.78, 5) is 14.1. The molecule has 6 nitrogen and oxygen atoms in total. The van der Waals surface area contributed by atoms with Crippen LogP contribution in [0.4, 0.5) is 5.69 Å². The van der Waals surface area contributed by atoms with Crippen LogP contribution in [0, 0.1) is 13.8 Å². The van der Waals surface area contributed by atoms with E-state index in [1.165, 1.54) is 11.6 Å². The van der Waals surface area contributed by atoms with E-state index >= 15 is 0 Å². The number of nitrogens with one attached hydrogen (secondary N) is 1. The lowest BCUT2D eigenvalue weighted by molar-refractivity contribution is -0.114. The molecule has 2 aromatic carbocycles. The molecule has 0 bridgehead atoms. The Morgan fingerprint density at radius 1 is 1.23 bits per heavy atom. The van der Waals surface area contributed by atoms with Crippen LogP contribution in [0.15, 0.2) is 61.2 Å². The van der Waals surface area contributed by atoms with Crippen molar-refractivity contribution in [2.24, 2.45) is 0 Å². The van der Waals surface area contributed by atoms with Gasteiger partial charge in [-0.05, 0) is 62.1 Å². The Kier molecular flexibility index (Phi) is 7.10. The summed E-state index contributed by atoms with van der Waals surface area (Å²) in [5, 5.41) is 22.9. The highest BCUT2D eigenvalue weighted by Crippen LogP contribution is 2.30. The molecule has 2 unspecified atom stereocenters. The van der Waals surface area contributed by atoms with Crippen molar-refractivity contribution in [1.82, 2.24) is 5.32 Å². The average molecular weight is 408 g/mol. The molecule has 1 amide bonds. The lowest BCUT2D eigenvalue weighted by atomic mass is 9.75. The summed E-state index contributed by atoms with van der Waals surface area (Å²) in [6, 6.07) is 15.2. The van der Waals surface area contributed by atoms with Gasteiger partial charge in [-0.3, -0.25) is 10.1 Å². The smallest absolute Gasteiger partial charge is 0.426 e. The third-order valence-electron chi connectivity index (χ3n) is 5.62. The molecule has 0 aromatic heterocycles. The average Bonchev–Trinajstić information content (AvgIpc) is 3.50. The SMILES string of the molecule is C=CC(=O)N(c1ccccc1)[C@H](C)C1OC1N[C@@H](Cc1ccc(C)c(C)c1)B(O)O. The summed E-state index contributed by atoms with van der Waals surface area (Å²) in [5.41, 5.74) is 4.13. The predicted molar refractivity (Wildman–Crippen MR) is 119 cm³/mol. The molecule has 1 heterocycles. The number of carbonyl (C=O) groups is 1. The summed E-state index contributed by atoms with van der Waals surface area (Å²) in [5.74, 6) is -0.800. The number of hydrogen-bond acceptors (Lipinski definition) is 5. The van der Waals surface area contributed by atoms with Crippen LogP contribution in [0.5, 0.6) is 0 Å². The molecule has 1 fully saturated rings. The van der Waals surface area contributed by atoms with Crippen LogP contribution in [-0.2, 0) is 16.0 Å². The summed E-state index contributed by atoms with van der Waals surface area (Å²) in [7, 11) is -1.54. The molecular formula is C23H29BN2O4. The molecule has 1 aliphatic rings. The second kappa shape index (κ2) is 9.58. The maximum absolute atomic E-state index is 12.5. The van der Waals surface area contributed by atoms with Gasteiger partial charge in [0, 0.05) is 11.6 Å². The fourth-order valence-corrected chi connectivity index (χ4v) is 3.67. The van der Waals surface area contributed by atoms with Crippen LogP contribution >= 0.6 is 0 Å². The van der Waals surface area contributed by atoms with Crippen molar-refractivity contribution in [1.29, 1.82) is 0 Å². The second-order valence-electron chi connectivity index (χ2n) is 7.82. The lowest BCUT2D eigenvalue weighted by Crippen LogP contribution is -2.49. The molecule has 7 heteroatoms. The van der Waals surface area contributed by atoms with Crippen LogP contribution in [0.1, 0.15) is 23.6 Å². The van der Waals surface area contributed by atoms with Gasteiger partial charge in [-0.25, -0.2) is 0 Å². The molecule has 1 saturated heterocycles. The zero-order valence-corrected chi connectivity index (χ0v) is 17.7. The molecule has 0 aliphatic carbocycles. The van der Waals surface area contributed by atoms with E-state index in [2.05, 4.69) is 18.0 Å². The van der Waals surface area contributed by atoms with E-state index in [0.29, 0.717) is 6.42 Å². The molecular weight excluding hydrogens is 379 g/mol. The monoisotopic (exact) mass is 408 g/mol. The van der Waals surface area contributed by atoms with Crippen molar-refractivity contribution in [3.8, 4) is 0 Å². The molecule has 158 valence electrons. The summed E-state index contributed by atoms with van der Waals surface area (Å²) < 4.78 is 5.78. The Balaban J connectivity index is 1.68. The van der Waals surface area contributed by atoms with E-state index in [1.807, 2.05) is 63.2 Å². The van der Waals surface area contributed by atoms with Crippen LogP contribution < -0.4 is 10.2 Å². The van der Waals surface area contributed by atoms with Crippen molar-refractivity contribution >= 4 is 18.7 Å². The first-order valence-electron chi connectivity index (χ1n) is 10.2. The molecule has 4 atom stereocenters. The van der Waals surface area contributed by atoms with Crippen molar-refractivity contribution in [3.05, 3.63) is 77.9 Å². The van der Waals surface area contributed by atoms with Gasteiger partial charge in [0.15, 0.2) is 0 Å². The van der Waals surface area contributed by atoms with Gasteiger partial charge in [-0.15, -0.1) is 0 Å². The van der Waals surface area contributed by atoms with Gasteiger partial charge in [0.25, 0.3) is 5.91 Å². The maximum Gasteiger partial charge on any atom is 0.470 e. The Morgan fingerprint density at radius 2 is 1.93 bits per heavy atom. The maximum atomic E-state index is 12.5. The van der Waals surface area contributed by atoms with E-state index in [-0.39, 0.29) is 24.3 Å². The Hall–Kier alpha value is -2.45. The minimum Gasteiger partial charge on any atom is -0.426 e. The van der Waals surface area contributed by atoms with E-state index in [1.54, 1.807) is 4.90 Å². The minimum absolute atomic E-state index is 0.211. The Bertz CT molecular complexity index is 890. The number of ether oxygens (including phenoxy) is 1. The first-order valence-corrected chi connectivity index (χ1v) is 10.2. The summed E-state index contributed by atoms with van der Waals surface area (Å²) >= 11 is 0. The van der Waals surface area contributed by atoms with E-state index in [4.69, 9.17) is 4.74 Å². The van der Waals surface area contributed by atoms with Crippen molar-refractivity contribution in [2.75, 3.05) is 4.90 Å². The van der Waals surface area contributed by atoms with Gasteiger partial charge < -0.3 is 19.7 Å². The molecule has 0 radical (unpaired) electrons. The lowest BCUT2D eigenvalue weighted by Gasteiger charge is -2.27. The first kappa shape index (κ1) is 22.2. The molecule has 0 spiro atoms. The number of benzene rings is 2. The quantitative estimate of drug-likeness (QED) is 0.336. The normalized spacial score (nSPS) is 19.6. The third-order valence-corrected chi connectivity index (χ3v) is 5.62. The predicted octanol–water partition coefficient (Wildman–Crippen LogP) is 2.15. The second-order valence-corrected chi connectivity index (χ2v) is 7.82. The van der Waals surface area contributed by atoms with E-state index < -0.39 is 13.1 Å². The zero-order valence-electron chi connectivity index (χ0n) is 17.7. The molecule has 1 aliphatic heterocycles. The number of hydrogen-bond donors (Lipinski definition) is 3. The van der Waals surface area contributed by atoms with Gasteiger partial charge in [0.2, 0.25) is 0 Å². The van der Waals surface area contributed by atoms with Crippen molar-refractivity contribution < 1.29 is 19.6 Å². The first-order chi connectivity index (χ1) is 14.3. The number of epoxide rings is 1. The third kappa shape index (κ3) is 5.18. The fourth-order valence-electron chi connectivity index (χ4n) is 3.67. The van der Waals surface area contributed by atoms with Crippen LogP contribution in [-0.4, -0.2) is 47.4 Å². The number of aryl methyl sites for hydroxylation is 2. The highest BCUT2D eigenvalue weighted by atomic mass is 16.6. The van der Waals surface area contributed by atoms with Gasteiger partial charge in [-0.2, -0.15) is 0 Å². The largest absolute Gasteiger partial charge is 0.470 e. The highest BCUT2D eigenvalue weighted by Gasteiger charge is 2.48. The number of rotatable bonds is 9.